The van der Waals surface area contributed by atoms with Gasteiger partial charge in [0.25, 0.3) is 10.0 Å². The van der Waals surface area contributed by atoms with Crippen molar-refractivity contribution in [1.82, 2.24) is 4.98 Å². The van der Waals surface area contributed by atoms with Gasteiger partial charge in [-0.1, -0.05) is 66.2 Å². The van der Waals surface area contributed by atoms with E-state index in [4.69, 9.17) is 21.3 Å². The van der Waals surface area contributed by atoms with E-state index in [1.165, 1.54) is 36.6 Å². The molecule has 1 aliphatic rings. The molecule has 1 amide bonds. The van der Waals surface area contributed by atoms with E-state index in [2.05, 4.69) is 4.72 Å². The fourth-order valence-electron chi connectivity index (χ4n) is 3.80. The molecule has 0 saturated carbocycles. The quantitative estimate of drug-likeness (QED) is 0.258. The van der Waals surface area contributed by atoms with Gasteiger partial charge >= 0.3 is 0 Å². The molecule has 0 bridgehead atoms. The number of aromatic nitrogens is 1. The molecule has 1 unspecified atom stereocenters. The van der Waals surface area contributed by atoms with Crippen LogP contribution in [0.4, 0.5) is 10.8 Å². The fraction of sp³-hybridized carbons (Fsp3) is 0.111. The Kier molecular flexibility index (Phi) is 7.75. The van der Waals surface area contributed by atoms with Gasteiger partial charge in [-0.2, -0.15) is 0 Å². The highest BCUT2D eigenvalue weighted by Gasteiger charge is 2.33. The SMILES string of the molecule is COc1cc(S(=O)(=O)Nc2ccc(-c3csc(N4C(=O)CSC4/C=C/c4ccccc4)n3)cc2)ccc1Cl. The zero-order valence-corrected chi connectivity index (χ0v) is 23.3. The van der Waals surface area contributed by atoms with E-state index in [1.54, 1.807) is 40.9 Å². The second-order valence-corrected chi connectivity index (χ2v) is 12.3. The van der Waals surface area contributed by atoms with E-state index >= 15 is 0 Å². The average molecular weight is 584 g/mol. The molecule has 7 nitrogen and oxygen atoms in total. The highest BCUT2D eigenvalue weighted by atomic mass is 35.5. The van der Waals surface area contributed by atoms with Gasteiger partial charge in [-0.15, -0.1) is 23.1 Å². The predicted octanol–water partition coefficient (Wildman–Crippen LogP) is 6.39. The van der Waals surface area contributed by atoms with Crippen LogP contribution in [0.25, 0.3) is 17.3 Å². The normalized spacial score (nSPS) is 15.8. The smallest absolute Gasteiger partial charge is 0.262 e. The maximum absolute atomic E-state index is 12.8. The summed E-state index contributed by atoms with van der Waals surface area (Å²) in [5, 5.41) is 2.71. The molecule has 1 aliphatic heterocycles. The van der Waals surface area contributed by atoms with E-state index < -0.39 is 10.0 Å². The van der Waals surface area contributed by atoms with Gasteiger partial charge in [0.2, 0.25) is 5.91 Å². The van der Waals surface area contributed by atoms with Gasteiger partial charge in [0, 0.05) is 22.7 Å². The summed E-state index contributed by atoms with van der Waals surface area (Å²) >= 11 is 8.97. The van der Waals surface area contributed by atoms with Crippen LogP contribution >= 0.6 is 34.7 Å². The molecule has 3 aromatic carbocycles. The number of anilines is 2. The van der Waals surface area contributed by atoms with Crippen molar-refractivity contribution in [3.63, 3.8) is 0 Å². The van der Waals surface area contributed by atoms with Crippen molar-refractivity contribution in [3.8, 4) is 17.0 Å². The Morgan fingerprint density at radius 2 is 1.87 bits per heavy atom. The molecule has 1 atom stereocenters. The third kappa shape index (κ3) is 5.73. The molecule has 194 valence electrons. The summed E-state index contributed by atoms with van der Waals surface area (Å²) in [5.41, 5.74) is 2.98. The molecule has 0 aliphatic carbocycles. The highest BCUT2D eigenvalue weighted by molar-refractivity contribution is 8.01. The third-order valence-electron chi connectivity index (χ3n) is 5.72. The lowest BCUT2D eigenvalue weighted by Gasteiger charge is -2.18. The molecular weight excluding hydrogens is 562 g/mol. The van der Waals surface area contributed by atoms with Crippen molar-refractivity contribution in [2.75, 3.05) is 22.5 Å². The Balaban J connectivity index is 1.31. The molecule has 2 heterocycles. The Morgan fingerprint density at radius 1 is 1.11 bits per heavy atom. The summed E-state index contributed by atoms with van der Waals surface area (Å²) in [4.78, 5) is 19.1. The van der Waals surface area contributed by atoms with Crippen molar-refractivity contribution in [2.45, 2.75) is 10.3 Å². The summed E-state index contributed by atoms with van der Waals surface area (Å²) in [6.45, 7) is 0. The highest BCUT2D eigenvalue weighted by Crippen LogP contribution is 2.36. The lowest BCUT2D eigenvalue weighted by Crippen LogP contribution is -2.31. The first kappa shape index (κ1) is 26.3. The molecule has 0 spiro atoms. The largest absolute Gasteiger partial charge is 0.495 e. The number of nitrogens with zero attached hydrogens (tertiary/aromatic N) is 2. The number of thioether (sulfide) groups is 1. The van der Waals surface area contributed by atoms with Gasteiger partial charge in [0.15, 0.2) is 5.13 Å². The van der Waals surface area contributed by atoms with E-state index in [-0.39, 0.29) is 21.9 Å². The van der Waals surface area contributed by atoms with Crippen LogP contribution in [-0.4, -0.2) is 37.5 Å². The third-order valence-corrected chi connectivity index (χ3v) is 9.37. The summed E-state index contributed by atoms with van der Waals surface area (Å²) in [5.74, 6) is 0.687. The summed E-state index contributed by atoms with van der Waals surface area (Å²) in [6.07, 6.45) is 4.03. The van der Waals surface area contributed by atoms with Crippen LogP contribution < -0.4 is 14.4 Å². The Bertz CT molecular complexity index is 1590. The molecule has 0 radical (unpaired) electrons. The van der Waals surface area contributed by atoms with Gasteiger partial charge in [-0.3, -0.25) is 14.4 Å². The molecule has 4 aromatic rings. The maximum Gasteiger partial charge on any atom is 0.262 e. The van der Waals surface area contributed by atoms with E-state index in [0.29, 0.717) is 27.3 Å². The molecule has 11 heteroatoms. The minimum absolute atomic E-state index is 0.0159. The number of halogens is 1. The zero-order chi connectivity index (χ0) is 26.7. The number of carbonyl (C=O) groups excluding carboxylic acids is 1. The number of amides is 1. The van der Waals surface area contributed by atoms with Crippen LogP contribution in [0.1, 0.15) is 5.56 Å². The van der Waals surface area contributed by atoms with E-state index in [9.17, 15) is 13.2 Å². The van der Waals surface area contributed by atoms with Crippen LogP contribution in [0.15, 0.2) is 89.1 Å². The van der Waals surface area contributed by atoms with Crippen molar-refractivity contribution >= 4 is 67.5 Å². The lowest BCUT2D eigenvalue weighted by molar-refractivity contribution is -0.115. The summed E-state index contributed by atoms with van der Waals surface area (Å²) < 4.78 is 33.3. The van der Waals surface area contributed by atoms with Gasteiger partial charge in [-0.05, 0) is 29.8 Å². The van der Waals surface area contributed by atoms with Crippen LogP contribution in [-0.2, 0) is 14.8 Å². The number of rotatable bonds is 8. The van der Waals surface area contributed by atoms with Crippen molar-refractivity contribution < 1.29 is 17.9 Å². The molecular formula is C27H22ClN3O4S3. The minimum Gasteiger partial charge on any atom is -0.495 e. The Morgan fingerprint density at radius 3 is 2.61 bits per heavy atom. The molecule has 1 fully saturated rings. The Hall–Kier alpha value is -3.31. The number of methoxy groups -OCH3 is 1. The monoisotopic (exact) mass is 583 g/mol. The van der Waals surface area contributed by atoms with Crippen molar-refractivity contribution in [2.24, 2.45) is 0 Å². The number of benzene rings is 3. The number of sulfonamides is 1. The van der Waals surface area contributed by atoms with Crippen LogP contribution in [0.5, 0.6) is 5.75 Å². The minimum atomic E-state index is -3.84. The van der Waals surface area contributed by atoms with Gasteiger partial charge in [0.1, 0.15) is 11.1 Å². The van der Waals surface area contributed by atoms with Gasteiger partial charge in [-0.25, -0.2) is 13.4 Å². The predicted molar refractivity (Wildman–Crippen MR) is 156 cm³/mol. The van der Waals surface area contributed by atoms with Crippen LogP contribution in [0.2, 0.25) is 5.02 Å². The summed E-state index contributed by atoms with van der Waals surface area (Å²) in [6, 6.07) is 21.1. The molecule has 1 aromatic heterocycles. The zero-order valence-electron chi connectivity index (χ0n) is 20.1. The van der Waals surface area contributed by atoms with Crippen molar-refractivity contribution in [3.05, 3.63) is 94.8 Å². The Labute approximate surface area is 234 Å². The number of thiazole rings is 1. The van der Waals surface area contributed by atoms with Crippen LogP contribution in [0.3, 0.4) is 0 Å². The standard InChI is InChI=1S/C27H22ClN3O4S3/c1-35-24-15-21(12-13-22(24)28)38(33,34)30-20-10-8-19(9-11-20)23-16-37-27(29-23)31-25(32)17-36-26(31)14-7-18-5-3-2-4-6-18/h2-16,26,30H,17H2,1H3/b14-7+. The number of ether oxygens (including phenoxy) is 1. The number of nitrogens with one attached hydrogen (secondary N) is 1. The van der Waals surface area contributed by atoms with Crippen LogP contribution in [0, 0.1) is 0 Å². The first-order valence-electron chi connectivity index (χ1n) is 11.4. The molecule has 1 N–H and O–H groups in total. The number of hydrogen-bond acceptors (Lipinski definition) is 7. The van der Waals surface area contributed by atoms with Gasteiger partial charge < -0.3 is 4.74 Å². The average Bonchev–Trinajstić information content (AvgIpc) is 3.55. The van der Waals surface area contributed by atoms with E-state index in [0.717, 1.165) is 11.1 Å². The first-order chi connectivity index (χ1) is 18.3. The second kappa shape index (κ2) is 11.2. The van der Waals surface area contributed by atoms with Gasteiger partial charge in [0.05, 0.1) is 28.5 Å². The molecule has 38 heavy (non-hydrogen) atoms. The fourth-order valence-corrected chi connectivity index (χ4v) is 7.02. The first-order valence-corrected chi connectivity index (χ1v) is 15.2. The lowest BCUT2D eigenvalue weighted by atomic mass is 10.1. The number of hydrogen-bond donors (Lipinski definition) is 1. The van der Waals surface area contributed by atoms with Crippen molar-refractivity contribution in [1.29, 1.82) is 0 Å². The summed E-state index contributed by atoms with van der Waals surface area (Å²) in [7, 11) is -2.42. The molecule has 5 rings (SSSR count). The number of carbonyl (C=O) groups is 1. The van der Waals surface area contributed by atoms with E-state index in [1.807, 2.05) is 47.9 Å². The second-order valence-electron chi connectivity index (χ2n) is 8.23. The topological polar surface area (TPSA) is 88.6 Å². The molecule has 1 saturated heterocycles. The maximum atomic E-state index is 12.8.